The van der Waals surface area contributed by atoms with Gasteiger partial charge in [0.25, 0.3) is 0 Å². The molecule has 0 radical (unpaired) electrons. The molecule has 6 nitrogen and oxygen atoms in total. The third-order valence-electron chi connectivity index (χ3n) is 4.04. The fourth-order valence-corrected chi connectivity index (χ4v) is 2.84. The molecule has 0 aromatic heterocycles. The van der Waals surface area contributed by atoms with Gasteiger partial charge in [-0.25, -0.2) is 0 Å². The van der Waals surface area contributed by atoms with E-state index >= 15 is 0 Å². The number of rotatable bonds is 4. The van der Waals surface area contributed by atoms with Crippen molar-refractivity contribution in [3.8, 4) is 0 Å². The van der Waals surface area contributed by atoms with Gasteiger partial charge in [-0.2, -0.15) is 12.7 Å². The Kier molecular flexibility index (Phi) is 8.41. The summed E-state index contributed by atoms with van der Waals surface area (Å²) in [4.78, 5) is 10.8. The van der Waals surface area contributed by atoms with E-state index < -0.39 is 10.2 Å². The topological polar surface area (TPSA) is 78.5 Å². The number of amides is 1. The lowest BCUT2D eigenvalue weighted by molar-refractivity contribution is -0.118. The van der Waals surface area contributed by atoms with Crippen molar-refractivity contribution in [1.29, 1.82) is 0 Å². The molecule has 0 spiro atoms. The van der Waals surface area contributed by atoms with Crippen LogP contribution >= 0.6 is 0 Å². The van der Waals surface area contributed by atoms with Gasteiger partial charge in [0, 0.05) is 43.2 Å². The van der Waals surface area contributed by atoms with Crippen LogP contribution in [0, 0.1) is 10.8 Å². The first-order valence-electron chi connectivity index (χ1n) is 9.38. The lowest BCUT2D eigenvalue weighted by atomic mass is 9.93. The second kappa shape index (κ2) is 9.89. The molecule has 0 aromatic rings. The lowest BCUT2D eigenvalue weighted by Gasteiger charge is -2.14. The summed E-state index contributed by atoms with van der Waals surface area (Å²) < 4.78 is 26.8. The highest BCUT2D eigenvalue weighted by Crippen LogP contribution is 2.22. The van der Waals surface area contributed by atoms with Gasteiger partial charge in [-0.3, -0.25) is 9.52 Å². The Morgan fingerprint density at radius 3 is 1.76 bits per heavy atom. The van der Waals surface area contributed by atoms with Crippen molar-refractivity contribution >= 4 is 16.1 Å². The first-order chi connectivity index (χ1) is 13.2. The average molecular weight is 420 g/mol. The SMILES string of the molecule is CC(=O)NC1=CC=CC(C)(C)C=C1.CN(C)S(=O)(=O)NC1=CC=CC(C)(C)C=C1. The van der Waals surface area contributed by atoms with Gasteiger partial charge < -0.3 is 5.32 Å². The molecule has 7 heteroatoms. The number of carbonyl (C=O) groups is 1. The molecule has 160 valence electrons. The van der Waals surface area contributed by atoms with Crippen molar-refractivity contribution in [2.24, 2.45) is 10.8 Å². The summed E-state index contributed by atoms with van der Waals surface area (Å²) in [6.45, 7) is 9.85. The van der Waals surface area contributed by atoms with Crippen molar-refractivity contribution in [3.05, 3.63) is 72.2 Å². The summed E-state index contributed by atoms with van der Waals surface area (Å²) in [7, 11) is -0.443. The van der Waals surface area contributed by atoms with E-state index in [-0.39, 0.29) is 16.7 Å². The minimum absolute atomic E-state index is 0.0380. The van der Waals surface area contributed by atoms with Crippen LogP contribution in [0.25, 0.3) is 0 Å². The molecule has 2 aliphatic carbocycles. The van der Waals surface area contributed by atoms with Gasteiger partial charge in [0.05, 0.1) is 0 Å². The summed E-state index contributed by atoms with van der Waals surface area (Å²) >= 11 is 0. The molecule has 0 heterocycles. The minimum atomic E-state index is -3.42. The molecule has 0 saturated carbocycles. The van der Waals surface area contributed by atoms with Crippen molar-refractivity contribution in [1.82, 2.24) is 14.3 Å². The number of nitrogens with zero attached hydrogens (tertiary/aromatic N) is 1. The Morgan fingerprint density at radius 2 is 1.31 bits per heavy atom. The molecule has 29 heavy (non-hydrogen) atoms. The molecule has 0 aliphatic heterocycles. The number of allylic oxidation sites excluding steroid dienone is 10. The molecule has 0 unspecified atom stereocenters. The zero-order valence-electron chi connectivity index (χ0n) is 18.4. The Bertz CT molecular complexity index is 884. The summed E-state index contributed by atoms with van der Waals surface area (Å²) in [5.74, 6) is -0.0380. The van der Waals surface area contributed by atoms with Crippen LogP contribution in [0.5, 0.6) is 0 Å². The molecule has 2 aliphatic rings. The van der Waals surface area contributed by atoms with E-state index in [1.165, 1.54) is 21.0 Å². The quantitative estimate of drug-likeness (QED) is 0.731. The van der Waals surface area contributed by atoms with E-state index in [9.17, 15) is 13.2 Å². The van der Waals surface area contributed by atoms with Gasteiger partial charge in [-0.15, -0.1) is 0 Å². The van der Waals surface area contributed by atoms with E-state index in [2.05, 4.69) is 49.9 Å². The molecular weight excluding hydrogens is 386 g/mol. The maximum absolute atomic E-state index is 11.6. The molecule has 0 saturated heterocycles. The van der Waals surface area contributed by atoms with Crippen LogP contribution in [0.4, 0.5) is 0 Å². The van der Waals surface area contributed by atoms with Crippen LogP contribution in [0.15, 0.2) is 72.2 Å². The highest BCUT2D eigenvalue weighted by molar-refractivity contribution is 7.87. The Hall–Kier alpha value is -2.38. The second-order valence-corrected chi connectivity index (χ2v) is 10.2. The van der Waals surface area contributed by atoms with E-state index in [4.69, 9.17) is 0 Å². The van der Waals surface area contributed by atoms with Crippen LogP contribution in [0.2, 0.25) is 0 Å². The third kappa shape index (κ3) is 9.58. The lowest BCUT2D eigenvalue weighted by Crippen LogP contribution is -2.34. The molecule has 0 atom stereocenters. The van der Waals surface area contributed by atoms with Gasteiger partial charge in [0.15, 0.2) is 0 Å². The summed E-state index contributed by atoms with van der Waals surface area (Å²) in [6, 6.07) is 0. The second-order valence-electron chi connectivity index (χ2n) is 8.34. The van der Waals surface area contributed by atoms with Gasteiger partial charge in [0.2, 0.25) is 5.91 Å². The fourth-order valence-electron chi connectivity index (χ4n) is 2.23. The van der Waals surface area contributed by atoms with E-state index in [0.29, 0.717) is 5.70 Å². The van der Waals surface area contributed by atoms with Gasteiger partial charge in [-0.05, 0) is 24.3 Å². The van der Waals surface area contributed by atoms with Crippen molar-refractivity contribution in [2.45, 2.75) is 34.6 Å². The third-order valence-corrected chi connectivity index (χ3v) is 5.49. The number of hydrogen-bond donors (Lipinski definition) is 2. The Balaban J connectivity index is 0.000000296. The number of hydrogen-bond acceptors (Lipinski definition) is 3. The van der Waals surface area contributed by atoms with Crippen molar-refractivity contribution in [3.63, 3.8) is 0 Å². The summed E-state index contributed by atoms with van der Waals surface area (Å²) in [5.41, 5.74) is 1.42. The fraction of sp³-hybridized carbons (Fsp3) is 0.409. The monoisotopic (exact) mass is 419 g/mol. The van der Waals surface area contributed by atoms with Crippen LogP contribution in [-0.2, 0) is 15.0 Å². The normalized spacial score (nSPS) is 19.3. The van der Waals surface area contributed by atoms with Crippen molar-refractivity contribution in [2.75, 3.05) is 14.1 Å². The molecular formula is C22H33N3O3S. The largest absolute Gasteiger partial charge is 0.326 e. The van der Waals surface area contributed by atoms with Crippen LogP contribution in [-0.4, -0.2) is 32.7 Å². The van der Waals surface area contributed by atoms with Crippen molar-refractivity contribution < 1.29 is 13.2 Å². The number of carbonyl (C=O) groups excluding carboxylic acids is 1. The van der Waals surface area contributed by atoms with Gasteiger partial charge in [0.1, 0.15) is 0 Å². The highest BCUT2D eigenvalue weighted by Gasteiger charge is 2.15. The summed E-state index contributed by atoms with van der Waals surface area (Å²) in [5, 5.41) is 2.74. The van der Waals surface area contributed by atoms with Gasteiger partial charge in [-0.1, -0.05) is 64.2 Å². The maximum Gasteiger partial charge on any atom is 0.301 e. The van der Waals surface area contributed by atoms with Crippen LogP contribution in [0.3, 0.4) is 0 Å². The average Bonchev–Trinajstić information content (AvgIpc) is 2.83. The molecule has 0 bridgehead atoms. The number of nitrogens with one attached hydrogen (secondary N) is 2. The Morgan fingerprint density at radius 1 is 0.862 bits per heavy atom. The van der Waals surface area contributed by atoms with Gasteiger partial charge >= 0.3 is 10.2 Å². The van der Waals surface area contributed by atoms with Crippen LogP contribution < -0.4 is 10.0 Å². The molecule has 0 fully saturated rings. The van der Waals surface area contributed by atoms with E-state index in [1.54, 1.807) is 12.2 Å². The predicted octanol–water partition coefficient (Wildman–Crippen LogP) is 3.58. The maximum atomic E-state index is 11.6. The standard InChI is InChI=1S/C11H18N2O2S.C11H15NO/c1-11(2)8-5-6-10(7-9-11)12-16(14,15)13(3)4;1-9(13)12-10-5-4-7-11(2,3)8-6-10/h5-9,12H,1-4H3;4-8H,1-3H3,(H,12,13). The molecule has 1 amide bonds. The molecule has 2 N–H and O–H groups in total. The first kappa shape index (κ1) is 24.7. The van der Waals surface area contributed by atoms with E-state index in [1.807, 2.05) is 36.5 Å². The zero-order chi connectivity index (χ0) is 22.3. The van der Waals surface area contributed by atoms with E-state index in [0.717, 1.165) is 10.0 Å². The zero-order valence-corrected chi connectivity index (χ0v) is 19.2. The first-order valence-corrected chi connectivity index (χ1v) is 10.8. The predicted molar refractivity (Wildman–Crippen MR) is 120 cm³/mol. The highest BCUT2D eigenvalue weighted by atomic mass is 32.2. The molecule has 0 aromatic carbocycles. The summed E-state index contributed by atoms with van der Waals surface area (Å²) in [6.07, 6.45) is 19.3. The molecule has 2 rings (SSSR count). The van der Waals surface area contributed by atoms with Crippen LogP contribution in [0.1, 0.15) is 34.6 Å². The Labute approximate surface area is 175 Å². The minimum Gasteiger partial charge on any atom is -0.326 e. The smallest absolute Gasteiger partial charge is 0.301 e.